The van der Waals surface area contributed by atoms with Gasteiger partial charge in [0.05, 0.1) is 23.1 Å². The number of nitrogens with zero attached hydrogens (tertiary/aromatic N) is 3. The van der Waals surface area contributed by atoms with Crippen molar-refractivity contribution in [2.75, 3.05) is 16.3 Å². The molecule has 2 heterocycles. The minimum atomic E-state index is -0.443. The van der Waals surface area contributed by atoms with Gasteiger partial charge >= 0.3 is 0 Å². The third-order valence-corrected chi connectivity index (χ3v) is 3.76. The first-order chi connectivity index (χ1) is 9.10. The largest absolute Gasteiger partial charge is 0.328 e. The second-order valence-corrected chi connectivity index (χ2v) is 5.26. The van der Waals surface area contributed by atoms with Gasteiger partial charge in [-0.1, -0.05) is 12.1 Å². The third-order valence-electron chi connectivity index (χ3n) is 3.76. The zero-order valence-corrected chi connectivity index (χ0v) is 11.4. The van der Waals surface area contributed by atoms with E-state index >= 15 is 0 Å². The Balaban J connectivity index is 2.17. The summed E-state index contributed by atoms with van der Waals surface area (Å²) in [6, 6.07) is 10.4. The topological polar surface area (TPSA) is 39.5 Å². The Bertz CT molecular complexity index is 585. The number of hydrogen-bond acceptors (Lipinski definition) is 4. The predicted octanol–water partition coefficient (Wildman–Crippen LogP) is 2.83. The summed E-state index contributed by atoms with van der Waals surface area (Å²) >= 11 is 0. The molecule has 1 saturated heterocycles. The van der Waals surface area contributed by atoms with Gasteiger partial charge in [0, 0.05) is 12.6 Å². The fourth-order valence-corrected chi connectivity index (χ4v) is 2.90. The van der Waals surface area contributed by atoms with Crippen LogP contribution in [0.5, 0.6) is 0 Å². The fraction of sp³-hybridized carbons (Fsp3) is 0.400. The Labute approximate surface area is 113 Å². The average molecular weight is 255 g/mol. The summed E-state index contributed by atoms with van der Waals surface area (Å²) in [5.74, 6) is 0. The lowest BCUT2D eigenvalue weighted by atomic mass is 10.0. The Morgan fingerprint density at radius 2 is 2.05 bits per heavy atom. The summed E-state index contributed by atoms with van der Waals surface area (Å²) in [7, 11) is 0. The monoisotopic (exact) mass is 255 g/mol. The van der Waals surface area contributed by atoms with Gasteiger partial charge in [-0.3, -0.25) is 4.90 Å². The summed E-state index contributed by atoms with van der Waals surface area (Å²) in [6.07, 6.45) is 1.45. The van der Waals surface area contributed by atoms with Gasteiger partial charge in [-0.05, 0) is 32.9 Å². The van der Waals surface area contributed by atoms with Crippen LogP contribution in [0.3, 0.4) is 0 Å². The minimum Gasteiger partial charge on any atom is -0.328 e. The third kappa shape index (κ3) is 1.55. The van der Waals surface area contributed by atoms with Crippen LogP contribution in [0.25, 0.3) is 0 Å². The van der Waals surface area contributed by atoms with Gasteiger partial charge in [-0.15, -0.1) is 0 Å². The molecule has 0 aliphatic carbocycles. The van der Waals surface area contributed by atoms with Gasteiger partial charge < -0.3 is 9.64 Å². The lowest BCUT2D eigenvalue weighted by Gasteiger charge is -2.25. The Morgan fingerprint density at radius 1 is 1.37 bits per heavy atom. The number of para-hydroxylation sites is 2. The van der Waals surface area contributed by atoms with Crippen molar-refractivity contribution in [3.63, 3.8) is 0 Å². The summed E-state index contributed by atoms with van der Waals surface area (Å²) in [5, 5.41) is 9.03. The van der Waals surface area contributed by atoms with E-state index in [-0.39, 0.29) is 6.35 Å². The number of rotatable bonds is 1. The van der Waals surface area contributed by atoms with Crippen LogP contribution in [0.15, 0.2) is 36.0 Å². The molecular formula is C15H17N3O. The van der Waals surface area contributed by atoms with E-state index in [1.165, 1.54) is 0 Å². The normalized spacial score (nSPS) is 25.4. The predicted molar refractivity (Wildman–Crippen MR) is 74.6 cm³/mol. The molecule has 4 nitrogen and oxygen atoms in total. The first-order valence-corrected chi connectivity index (χ1v) is 6.53. The molecule has 4 heteroatoms. The van der Waals surface area contributed by atoms with Crippen molar-refractivity contribution in [1.82, 2.24) is 0 Å². The molecule has 0 radical (unpaired) electrons. The maximum atomic E-state index is 9.03. The molecule has 1 aromatic carbocycles. The molecule has 0 aromatic heterocycles. The lowest BCUT2D eigenvalue weighted by Crippen LogP contribution is -2.39. The van der Waals surface area contributed by atoms with Crippen LogP contribution in [0.1, 0.15) is 20.8 Å². The number of hydrogen-bond donors (Lipinski definition) is 0. The van der Waals surface area contributed by atoms with Crippen molar-refractivity contribution >= 4 is 11.4 Å². The highest BCUT2D eigenvalue weighted by Gasteiger charge is 2.50. The minimum absolute atomic E-state index is 0.142. The van der Waals surface area contributed by atoms with E-state index < -0.39 is 5.60 Å². The molecule has 3 rings (SSSR count). The van der Waals surface area contributed by atoms with Crippen LogP contribution in [0.2, 0.25) is 0 Å². The molecule has 0 amide bonds. The molecule has 1 unspecified atom stereocenters. The zero-order valence-electron chi connectivity index (χ0n) is 11.4. The maximum Gasteiger partial charge on any atom is 0.215 e. The Hall–Kier alpha value is -1.99. The number of anilines is 2. The number of ether oxygens (including phenoxy) is 1. The molecule has 19 heavy (non-hydrogen) atoms. The number of allylic oxidation sites excluding steroid dienone is 1. The van der Waals surface area contributed by atoms with Gasteiger partial charge in [0.15, 0.2) is 0 Å². The van der Waals surface area contributed by atoms with Crippen LogP contribution < -0.4 is 9.80 Å². The highest BCUT2D eigenvalue weighted by atomic mass is 16.6. The summed E-state index contributed by atoms with van der Waals surface area (Å²) < 4.78 is 6.16. The first kappa shape index (κ1) is 12.1. The van der Waals surface area contributed by atoms with Gasteiger partial charge in [0.2, 0.25) is 6.35 Å². The molecular weight excluding hydrogens is 238 g/mol. The quantitative estimate of drug-likeness (QED) is 0.723. The van der Waals surface area contributed by atoms with Gasteiger partial charge in [-0.2, -0.15) is 5.26 Å². The van der Waals surface area contributed by atoms with E-state index in [1.54, 1.807) is 6.08 Å². The standard InChI is InChI=1S/C15H17N3O/c1-4-17-11-7-5-6-8-12(11)18-13(9-10-16)15(2,3)19-14(17)18/h5-9,14H,4H2,1-3H3/b13-9-. The molecule has 0 bridgehead atoms. The average Bonchev–Trinajstić information content (AvgIpc) is 2.81. The van der Waals surface area contributed by atoms with Gasteiger partial charge in [0.1, 0.15) is 5.60 Å². The van der Waals surface area contributed by atoms with E-state index in [9.17, 15) is 0 Å². The molecule has 98 valence electrons. The molecule has 2 aliphatic heterocycles. The van der Waals surface area contributed by atoms with E-state index in [0.29, 0.717) is 0 Å². The molecule has 0 saturated carbocycles. The smallest absolute Gasteiger partial charge is 0.215 e. The van der Waals surface area contributed by atoms with Gasteiger partial charge in [0.25, 0.3) is 0 Å². The van der Waals surface area contributed by atoms with E-state index in [0.717, 1.165) is 23.6 Å². The zero-order chi connectivity index (χ0) is 13.6. The number of benzene rings is 1. The van der Waals surface area contributed by atoms with Crippen LogP contribution >= 0.6 is 0 Å². The van der Waals surface area contributed by atoms with Crippen molar-refractivity contribution < 1.29 is 4.74 Å². The van der Waals surface area contributed by atoms with Crippen LogP contribution in [-0.2, 0) is 4.74 Å². The molecule has 1 atom stereocenters. The van der Waals surface area contributed by atoms with E-state index in [1.807, 2.05) is 26.0 Å². The second kappa shape index (κ2) is 4.01. The van der Waals surface area contributed by atoms with Crippen molar-refractivity contribution in [3.8, 4) is 6.07 Å². The summed E-state index contributed by atoms with van der Waals surface area (Å²) in [5.41, 5.74) is 2.75. The number of fused-ring (bicyclic) bond motifs is 3. The van der Waals surface area contributed by atoms with Crippen LogP contribution in [-0.4, -0.2) is 18.5 Å². The van der Waals surface area contributed by atoms with Crippen molar-refractivity contribution in [3.05, 3.63) is 36.0 Å². The number of nitriles is 1. The van der Waals surface area contributed by atoms with Crippen LogP contribution in [0.4, 0.5) is 11.4 Å². The second-order valence-electron chi connectivity index (χ2n) is 5.26. The molecule has 1 fully saturated rings. The molecule has 0 spiro atoms. The maximum absolute atomic E-state index is 9.03. The first-order valence-electron chi connectivity index (χ1n) is 6.53. The van der Waals surface area contributed by atoms with E-state index in [4.69, 9.17) is 10.00 Å². The highest BCUT2D eigenvalue weighted by molar-refractivity contribution is 5.80. The fourth-order valence-electron chi connectivity index (χ4n) is 2.90. The van der Waals surface area contributed by atoms with Crippen molar-refractivity contribution in [2.24, 2.45) is 0 Å². The highest BCUT2D eigenvalue weighted by Crippen LogP contribution is 2.49. The lowest BCUT2D eigenvalue weighted by molar-refractivity contribution is -0.00116. The molecule has 1 aromatic rings. The molecule has 2 aliphatic rings. The van der Waals surface area contributed by atoms with Gasteiger partial charge in [-0.25, -0.2) is 0 Å². The summed E-state index contributed by atoms with van der Waals surface area (Å²) in [6.45, 7) is 6.99. The SMILES string of the molecule is CCN1c2ccccc2N2/C(=C\C#N)C(C)(C)OC12. The van der Waals surface area contributed by atoms with Crippen molar-refractivity contribution in [2.45, 2.75) is 32.7 Å². The van der Waals surface area contributed by atoms with Crippen LogP contribution in [0, 0.1) is 11.3 Å². The molecule has 0 N–H and O–H groups in total. The Kier molecular flexibility index (Phi) is 2.54. The Morgan fingerprint density at radius 3 is 2.68 bits per heavy atom. The van der Waals surface area contributed by atoms with E-state index in [2.05, 4.69) is 34.9 Å². The summed E-state index contributed by atoms with van der Waals surface area (Å²) in [4.78, 5) is 4.34. The van der Waals surface area contributed by atoms with Crippen molar-refractivity contribution in [1.29, 1.82) is 5.26 Å².